The minimum absolute atomic E-state index is 0.0442. The van der Waals surface area contributed by atoms with Crippen LogP contribution in [0.1, 0.15) is 55.2 Å². The zero-order valence-corrected chi connectivity index (χ0v) is 15.7. The Morgan fingerprint density at radius 2 is 2.00 bits per heavy atom. The Hall–Kier alpha value is -1.47. The van der Waals surface area contributed by atoms with E-state index in [0.29, 0.717) is 24.5 Å². The van der Waals surface area contributed by atoms with Crippen LogP contribution in [0.2, 0.25) is 0 Å². The van der Waals surface area contributed by atoms with E-state index in [1.807, 2.05) is 16.7 Å². The van der Waals surface area contributed by atoms with Crippen LogP contribution in [-0.4, -0.2) is 64.0 Å². The van der Waals surface area contributed by atoms with Crippen molar-refractivity contribution in [2.24, 2.45) is 0 Å². The third kappa shape index (κ3) is 4.54. The minimum Gasteiger partial charge on any atom is -0.480 e. The van der Waals surface area contributed by atoms with Gasteiger partial charge in [-0.1, -0.05) is 27.7 Å². The number of piperidine rings is 1. The van der Waals surface area contributed by atoms with E-state index >= 15 is 0 Å². The molecule has 1 amide bonds. The van der Waals surface area contributed by atoms with Crippen LogP contribution >= 0.6 is 11.3 Å². The highest BCUT2D eigenvalue weighted by atomic mass is 32.1. The number of carboxylic acids is 1. The molecule has 1 fully saturated rings. The van der Waals surface area contributed by atoms with Gasteiger partial charge in [-0.05, 0) is 19.4 Å². The molecule has 1 aromatic heterocycles. The zero-order chi connectivity index (χ0) is 17.9. The number of hydrogen-bond donors (Lipinski definition) is 1. The lowest BCUT2D eigenvalue weighted by Crippen LogP contribution is -2.48. The predicted octanol–water partition coefficient (Wildman–Crippen LogP) is 2.45. The van der Waals surface area contributed by atoms with Gasteiger partial charge in [-0.3, -0.25) is 14.5 Å². The molecule has 0 saturated carbocycles. The number of carboxylic acid groups (broad SMARTS) is 1. The van der Waals surface area contributed by atoms with E-state index < -0.39 is 5.97 Å². The third-order valence-electron chi connectivity index (χ3n) is 4.37. The SMILES string of the molecule is CCN(CC(=O)O)C1CCN(C(=O)c2cnc(C(C)(C)C)s2)CC1. The molecule has 1 aromatic rings. The topological polar surface area (TPSA) is 73.7 Å². The lowest BCUT2D eigenvalue weighted by molar-refractivity contribution is -0.139. The van der Waals surface area contributed by atoms with Crippen LogP contribution in [-0.2, 0) is 10.2 Å². The first kappa shape index (κ1) is 18.9. The number of amides is 1. The van der Waals surface area contributed by atoms with Gasteiger partial charge in [0.05, 0.1) is 17.7 Å². The first-order chi connectivity index (χ1) is 11.2. The van der Waals surface area contributed by atoms with E-state index in [0.717, 1.165) is 17.8 Å². The number of hydrogen-bond acceptors (Lipinski definition) is 5. The molecule has 7 heteroatoms. The predicted molar refractivity (Wildman–Crippen MR) is 94.6 cm³/mol. The molecule has 1 N–H and O–H groups in total. The number of thiazole rings is 1. The quantitative estimate of drug-likeness (QED) is 0.880. The van der Waals surface area contributed by atoms with Crippen molar-refractivity contribution >= 4 is 23.2 Å². The van der Waals surface area contributed by atoms with Crippen LogP contribution in [0.15, 0.2) is 6.20 Å². The summed E-state index contributed by atoms with van der Waals surface area (Å²) in [5.41, 5.74) is -0.0470. The number of aliphatic carboxylic acids is 1. The van der Waals surface area contributed by atoms with Crippen molar-refractivity contribution in [2.75, 3.05) is 26.2 Å². The average Bonchev–Trinajstić information content (AvgIpc) is 3.02. The Kier molecular flexibility index (Phi) is 5.98. The van der Waals surface area contributed by atoms with Crippen molar-refractivity contribution in [3.8, 4) is 0 Å². The fourth-order valence-electron chi connectivity index (χ4n) is 2.98. The Morgan fingerprint density at radius 1 is 1.38 bits per heavy atom. The molecule has 1 aliphatic heterocycles. The Labute approximate surface area is 147 Å². The van der Waals surface area contributed by atoms with Crippen LogP contribution in [0.3, 0.4) is 0 Å². The molecule has 0 spiro atoms. The lowest BCUT2D eigenvalue weighted by Gasteiger charge is -2.37. The Balaban J connectivity index is 1.95. The molecule has 1 saturated heterocycles. The summed E-state index contributed by atoms with van der Waals surface area (Å²) in [6, 6.07) is 0.238. The number of nitrogens with zero attached hydrogens (tertiary/aromatic N) is 3. The highest BCUT2D eigenvalue weighted by molar-refractivity contribution is 7.13. The van der Waals surface area contributed by atoms with Gasteiger partial charge < -0.3 is 10.0 Å². The van der Waals surface area contributed by atoms with E-state index in [9.17, 15) is 9.59 Å². The van der Waals surface area contributed by atoms with Gasteiger partial charge in [0.1, 0.15) is 4.88 Å². The first-order valence-corrected chi connectivity index (χ1v) is 9.25. The summed E-state index contributed by atoms with van der Waals surface area (Å²) >= 11 is 1.47. The fraction of sp³-hybridized carbons (Fsp3) is 0.706. The van der Waals surface area contributed by atoms with Crippen LogP contribution in [0, 0.1) is 0 Å². The molecule has 6 nitrogen and oxygen atoms in total. The molecular formula is C17H27N3O3S. The Bertz CT molecular complexity index is 586. The highest BCUT2D eigenvalue weighted by Gasteiger charge is 2.29. The van der Waals surface area contributed by atoms with E-state index in [-0.39, 0.29) is 23.9 Å². The molecule has 0 aromatic carbocycles. The van der Waals surface area contributed by atoms with Gasteiger partial charge in [0, 0.05) is 24.5 Å². The molecule has 0 radical (unpaired) electrons. The highest BCUT2D eigenvalue weighted by Crippen LogP contribution is 2.28. The van der Waals surface area contributed by atoms with Crippen LogP contribution in [0.25, 0.3) is 0 Å². The van der Waals surface area contributed by atoms with Gasteiger partial charge in [-0.25, -0.2) is 4.98 Å². The summed E-state index contributed by atoms with van der Waals surface area (Å²) in [5.74, 6) is -0.752. The summed E-state index contributed by atoms with van der Waals surface area (Å²) in [7, 11) is 0. The van der Waals surface area contributed by atoms with E-state index in [1.54, 1.807) is 6.20 Å². The molecule has 0 unspecified atom stereocenters. The second-order valence-corrected chi connectivity index (χ2v) is 8.29. The fourth-order valence-corrected chi connectivity index (χ4v) is 3.92. The van der Waals surface area contributed by atoms with Gasteiger partial charge >= 0.3 is 5.97 Å². The molecular weight excluding hydrogens is 326 g/mol. The van der Waals surface area contributed by atoms with E-state index in [1.165, 1.54) is 11.3 Å². The van der Waals surface area contributed by atoms with Gasteiger partial charge in [-0.2, -0.15) is 0 Å². The van der Waals surface area contributed by atoms with Crippen molar-refractivity contribution < 1.29 is 14.7 Å². The molecule has 0 atom stereocenters. The number of likely N-dealkylation sites (tertiary alicyclic amines) is 1. The van der Waals surface area contributed by atoms with Crippen molar-refractivity contribution in [3.05, 3.63) is 16.1 Å². The molecule has 2 heterocycles. The number of aromatic nitrogens is 1. The lowest BCUT2D eigenvalue weighted by atomic mass is 9.98. The number of rotatable bonds is 5. The molecule has 2 rings (SSSR count). The maximum atomic E-state index is 12.7. The maximum Gasteiger partial charge on any atom is 0.317 e. The van der Waals surface area contributed by atoms with Gasteiger partial charge in [0.25, 0.3) is 5.91 Å². The third-order valence-corrected chi connectivity index (χ3v) is 5.78. The van der Waals surface area contributed by atoms with Gasteiger partial charge in [0.15, 0.2) is 0 Å². The molecule has 1 aliphatic rings. The summed E-state index contributed by atoms with van der Waals surface area (Å²) in [5, 5.41) is 9.96. The minimum atomic E-state index is -0.797. The van der Waals surface area contributed by atoms with Gasteiger partial charge in [-0.15, -0.1) is 11.3 Å². The van der Waals surface area contributed by atoms with Crippen LogP contribution in [0.4, 0.5) is 0 Å². The standard InChI is InChI=1S/C17H27N3O3S/c1-5-19(11-14(21)22)12-6-8-20(9-7-12)15(23)13-10-18-16(24-13)17(2,3)4/h10,12H,5-9,11H2,1-4H3,(H,21,22). The van der Waals surface area contributed by atoms with Crippen molar-refractivity contribution in [1.82, 2.24) is 14.8 Å². The van der Waals surface area contributed by atoms with Crippen molar-refractivity contribution in [2.45, 2.75) is 52.0 Å². The summed E-state index contributed by atoms with van der Waals surface area (Å²) in [6.07, 6.45) is 3.32. The smallest absolute Gasteiger partial charge is 0.317 e. The normalized spacial score (nSPS) is 16.6. The second kappa shape index (κ2) is 7.61. The summed E-state index contributed by atoms with van der Waals surface area (Å²) in [6.45, 7) is 10.4. The van der Waals surface area contributed by atoms with Crippen molar-refractivity contribution in [3.63, 3.8) is 0 Å². The Morgan fingerprint density at radius 3 is 2.46 bits per heavy atom. The zero-order valence-electron chi connectivity index (χ0n) is 14.9. The number of carbonyl (C=O) groups excluding carboxylic acids is 1. The monoisotopic (exact) mass is 353 g/mol. The maximum absolute atomic E-state index is 12.7. The van der Waals surface area contributed by atoms with Gasteiger partial charge in [0.2, 0.25) is 0 Å². The van der Waals surface area contributed by atoms with Crippen LogP contribution < -0.4 is 0 Å². The molecule has 24 heavy (non-hydrogen) atoms. The number of carbonyl (C=O) groups is 2. The molecule has 0 aliphatic carbocycles. The van der Waals surface area contributed by atoms with Crippen molar-refractivity contribution in [1.29, 1.82) is 0 Å². The first-order valence-electron chi connectivity index (χ1n) is 8.43. The molecule has 0 bridgehead atoms. The molecule has 134 valence electrons. The second-order valence-electron chi connectivity index (χ2n) is 7.26. The van der Waals surface area contributed by atoms with E-state index in [4.69, 9.17) is 5.11 Å². The largest absolute Gasteiger partial charge is 0.480 e. The average molecular weight is 353 g/mol. The number of likely N-dealkylation sites (N-methyl/N-ethyl adjacent to an activating group) is 1. The van der Waals surface area contributed by atoms with E-state index in [2.05, 4.69) is 25.8 Å². The summed E-state index contributed by atoms with van der Waals surface area (Å²) < 4.78 is 0. The summed E-state index contributed by atoms with van der Waals surface area (Å²) in [4.78, 5) is 32.5. The van der Waals surface area contributed by atoms with Crippen LogP contribution in [0.5, 0.6) is 0 Å².